The molecule has 1 rings (SSSR count). The van der Waals surface area contributed by atoms with Gasteiger partial charge in [-0.2, -0.15) is 0 Å². The molecule has 4 heteroatoms. The van der Waals surface area contributed by atoms with Crippen LogP contribution in [0.2, 0.25) is 0 Å². The summed E-state index contributed by atoms with van der Waals surface area (Å²) in [7, 11) is 6.31. The summed E-state index contributed by atoms with van der Waals surface area (Å²) in [5.41, 5.74) is -0.0993. The smallest absolute Gasteiger partial charge is 0.0610 e. The summed E-state index contributed by atoms with van der Waals surface area (Å²) >= 11 is 0. The predicted molar refractivity (Wildman–Crippen MR) is 81.6 cm³/mol. The van der Waals surface area contributed by atoms with Gasteiger partial charge in [-0.15, -0.1) is 0 Å². The highest BCUT2D eigenvalue weighted by molar-refractivity contribution is 4.81. The summed E-state index contributed by atoms with van der Waals surface area (Å²) in [5, 5.41) is 12.6. The van der Waals surface area contributed by atoms with Crippen LogP contribution in [0, 0.1) is 0 Å². The largest absolute Gasteiger partial charge is 0.394 e. The van der Waals surface area contributed by atoms with Crippen molar-refractivity contribution >= 4 is 0 Å². The van der Waals surface area contributed by atoms with E-state index in [0.717, 1.165) is 12.5 Å². The fourth-order valence-corrected chi connectivity index (χ4v) is 2.79. The van der Waals surface area contributed by atoms with Crippen molar-refractivity contribution < 1.29 is 5.11 Å². The number of piperidine rings is 1. The van der Waals surface area contributed by atoms with Crippen LogP contribution in [0.1, 0.15) is 39.0 Å². The normalized spacial score (nSPS) is 21.8. The van der Waals surface area contributed by atoms with E-state index in [4.69, 9.17) is 0 Å². The number of hydrogen-bond donors (Lipinski definition) is 2. The van der Waals surface area contributed by atoms with Crippen LogP contribution in [-0.4, -0.2) is 73.9 Å². The van der Waals surface area contributed by atoms with E-state index < -0.39 is 0 Å². The van der Waals surface area contributed by atoms with Crippen LogP contribution in [0.15, 0.2) is 0 Å². The van der Waals surface area contributed by atoms with E-state index in [1.807, 2.05) is 7.05 Å². The molecule has 1 aliphatic rings. The first-order valence-electron chi connectivity index (χ1n) is 7.69. The topological polar surface area (TPSA) is 38.7 Å². The first-order valence-corrected chi connectivity index (χ1v) is 7.69. The SMILES string of the molecule is CNC(C)(CO)CCCCN1CCC(N(C)C)CC1. The molecule has 0 aliphatic carbocycles. The molecule has 0 radical (unpaired) electrons. The maximum Gasteiger partial charge on any atom is 0.0610 e. The first-order chi connectivity index (χ1) is 9.00. The third kappa shape index (κ3) is 5.78. The number of unbranched alkanes of at least 4 members (excludes halogenated alkanes) is 1. The highest BCUT2D eigenvalue weighted by Gasteiger charge is 2.22. The molecule has 0 amide bonds. The molecule has 1 aliphatic heterocycles. The zero-order chi connectivity index (χ0) is 14.3. The molecule has 2 N–H and O–H groups in total. The summed E-state index contributed by atoms with van der Waals surface area (Å²) in [6.07, 6.45) is 6.08. The van der Waals surface area contributed by atoms with Crippen LogP contribution >= 0.6 is 0 Å². The molecule has 1 atom stereocenters. The number of rotatable bonds is 8. The van der Waals surface area contributed by atoms with E-state index in [2.05, 4.69) is 36.1 Å². The summed E-state index contributed by atoms with van der Waals surface area (Å²) < 4.78 is 0. The standard InChI is InChI=1S/C15H33N3O/c1-15(13-19,16-2)9-5-6-10-18-11-7-14(8-12-18)17(3)4/h14,16,19H,5-13H2,1-4H3. The van der Waals surface area contributed by atoms with Gasteiger partial charge in [0, 0.05) is 11.6 Å². The van der Waals surface area contributed by atoms with Crippen LogP contribution < -0.4 is 5.32 Å². The van der Waals surface area contributed by atoms with E-state index in [1.54, 1.807) is 0 Å². The molecular weight excluding hydrogens is 238 g/mol. The molecule has 4 nitrogen and oxygen atoms in total. The second-order valence-electron chi connectivity index (χ2n) is 6.46. The summed E-state index contributed by atoms with van der Waals surface area (Å²) in [4.78, 5) is 4.95. The quantitative estimate of drug-likeness (QED) is 0.650. The number of likely N-dealkylation sites (N-methyl/N-ethyl adjacent to an activating group) is 1. The van der Waals surface area contributed by atoms with Gasteiger partial charge in [-0.25, -0.2) is 0 Å². The molecule has 1 heterocycles. The zero-order valence-electron chi connectivity index (χ0n) is 13.3. The van der Waals surface area contributed by atoms with Crippen LogP contribution in [0.5, 0.6) is 0 Å². The van der Waals surface area contributed by atoms with Crippen LogP contribution in [0.3, 0.4) is 0 Å². The lowest BCUT2D eigenvalue weighted by Crippen LogP contribution is -2.44. The summed E-state index contributed by atoms with van der Waals surface area (Å²) in [5.74, 6) is 0. The van der Waals surface area contributed by atoms with Gasteiger partial charge in [-0.05, 0) is 73.4 Å². The number of nitrogens with one attached hydrogen (secondary N) is 1. The Balaban J connectivity index is 2.11. The Morgan fingerprint density at radius 1 is 1.26 bits per heavy atom. The molecule has 114 valence electrons. The lowest BCUT2D eigenvalue weighted by Gasteiger charge is -2.35. The molecule has 1 saturated heterocycles. The number of likely N-dealkylation sites (tertiary alicyclic amines) is 1. The van der Waals surface area contributed by atoms with Gasteiger partial charge in [0.05, 0.1) is 6.61 Å². The van der Waals surface area contributed by atoms with Crippen molar-refractivity contribution in [2.24, 2.45) is 0 Å². The number of aliphatic hydroxyl groups is 1. The maximum atomic E-state index is 9.34. The van der Waals surface area contributed by atoms with Crippen LogP contribution in [-0.2, 0) is 0 Å². The predicted octanol–water partition coefficient (Wildman–Crippen LogP) is 1.15. The van der Waals surface area contributed by atoms with E-state index >= 15 is 0 Å². The van der Waals surface area contributed by atoms with Gasteiger partial charge < -0.3 is 20.2 Å². The number of nitrogens with zero attached hydrogens (tertiary/aromatic N) is 2. The third-order valence-corrected chi connectivity index (χ3v) is 4.69. The molecule has 1 unspecified atom stereocenters. The fourth-order valence-electron chi connectivity index (χ4n) is 2.79. The lowest BCUT2D eigenvalue weighted by molar-refractivity contribution is 0.139. The van der Waals surface area contributed by atoms with Crippen LogP contribution in [0.25, 0.3) is 0 Å². The van der Waals surface area contributed by atoms with Crippen LogP contribution in [0.4, 0.5) is 0 Å². The molecule has 0 aromatic heterocycles. The Morgan fingerprint density at radius 3 is 2.37 bits per heavy atom. The van der Waals surface area contributed by atoms with Gasteiger partial charge in [0.2, 0.25) is 0 Å². The van der Waals surface area contributed by atoms with Crippen molar-refractivity contribution in [1.82, 2.24) is 15.1 Å². The van der Waals surface area contributed by atoms with Crippen molar-refractivity contribution in [2.75, 3.05) is 47.4 Å². The van der Waals surface area contributed by atoms with Gasteiger partial charge in [-0.3, -0.25) is 0 Å². The average molecular weight is 271 g/mol. The number of aliphatic hydroxyl groups excluding tert-OH is 1. The van der Waals surface area contributed by atoms with Crippen molar-refractivity contribution in [3.8, 4) is 0 Å². The van der Waals surface area contributed by atoms with Gasteiger partial charge in [0.1, 0.15) is 0 Å². The van der Waals surface area contributed by atoms with Gasteiger partial charge in [-0.1, -0.05) is 6.42 Å². The molecule has 0 saturated carbocycles. The minimum absolute atomic E-state index is 0.0993. The Morgan fingerprint density at radius 2 is 1.89 bits per heavy atom. The van der Waals surface area contributed by atoms with Gasteiger partial charge in [0.15, 0.2) is 0 Å². The molecule has 0 aromatic carbocycles. The van der Waals surface area contributed by atoms with Gasteiger partial charge in [0.25, 0.3) is 0 Å². The monoisotopic (exact) mass is 271 g/mol. The van der Waals surface area contributed by atoms with E-state index in [-0.39, 0.29) is 12.1 Å². The lowest BCUT2D eigenvalue weighted by atomic mass is 9.96. The fraction of sp³-hybridized carbons (Fsp3) is 1.00. The average Bonchev–Trinajstić information content (AvgIpc) is 2.44. The Bertz CT molecular complexity index is 234. The van der Waals surface area contributed by atoms with Crippen molar-refractivity contribution in [2.45, 2.75) is 50.6 Å². The third-order valence-electron chi connectivity index (χ3n) is 4.69. The summed E-state index contributed by atoms with van der Waals surface area (Å²) in [6, 6.07) is 0.776. The highest BCUT2D eigenvalue weighted by Crippen LogP contribution is 2.16. The van der Waals surface area contributed by atoms with E-state index in [1.165, 1.54) is 45.3 Å². The molecule has 1 fully saturated rings. The second-order valence-corrected chi connectivity index (χ2v) is 6.46. The maximum absolute atomic E-state index is 9.34. The van der Waals surface area contributed by atoms with E-state index in [0.29, 0.717) is 0 Å². The molecule has 0 aromatic rings. The van der Waals surface area contributed by atoms with Crippen molar-refractivity contribution in [1.29, 1.82) is 0 Å². The molecule has 0 spiro atoms. The first kappa shape index (κ1) is 16.9. The Labute approximate surface area is 119 Å². The highest BCUT2D eigenvalue weighted by atomic mass is 16.3. The molecular formula is C15H33N3O. The van der Waals surface area contributed by atoms with Crippen molar-refractivity contribution in [3.05, 3.63) is 0 Å². The Hall–Kier alpha value is -0.160. The second kappa shape index (κ2) is 8.20. The zero-order valence-corrected chi connectivity index (χ0v) is 13.3. The van der Waals surface area contributed by atoms with E-state index in [9.17, 15) is 5.11 Å². The van der Waals surface area contributed by atoms with Gasteiger partial charge >= 0.3 is 0 Å². The minimum Gasteiger partial charge on any atom is -0.394 e. The van der Waals surface area contributed by atoms with Crippen molar-refractivity contribution in [3.63, 3.8) is 0 Å². The summed E-state index contributed by atoms with van der Waals surface area (Å²) in [6.45, 7) is 6.01. The molecule has 19 heavy (non-hydrogen) atoms. The minimum atomic E-state index is -0.0993. The molecule has 0 bridgehead atoms. The number of hydrogen-bond acceptors (Lipinski definition) is 4. The Kier molecular flexibility index (Phi) is 7.29.